The molecule has 7 heteroatoms. The molecule has 1 N–H and O–H groups in total. The van der Waals surface area contributed by atoms with E-state index in [1.54, 1.807) is 6.07 Å². The van der Waals surface area contributed by atoms with Crippen molar-refractivity contribution in [3.05, 3.63) is 53.7 Å². The number of hydrogen-bond donors (Lipinski definition) is 1. The number of nitrogens with one attached hydrogen (secondary N) is 1. The van der Waals surface area contributed by atoms with Crippen molar-refractivity contribution in [2.24, 2.45) is 5.92 Å². The first kappa shape index (κ1) is 19.8. The standard InChI is InChI=1S/C20H23F2N3OS/c1-14-4-3-11-25(12-14)13-15-6-8-16(9-7-15)24-18(26)17-5-2-10-23-19(17)27-20(21)22/h2,5-10,14,20H,3-4,11-13H2,1H3,(H,24,26). The summed E-state index contributed by atoms with van der Waals surface area (Å²) in [5, 5.41) is 2.79. The number of amides is 1. The zero-order valence-corrected chi connectivity index (χ0v) is 16.0. The van der Waals surface area contributed by atoms with E-state index in [1.807, 2.05) is 24.3 Å². The quantitative estimate of drug-likeness (QED) is 0.713. The molecule has 1 aliphatic rings. The lowest BCUT2D eigenvalue weighted by molar-refractivity contribution is 0.102. The predicted molar refractivity (Wildman–Crippen MR) is 104 cm³/mol. The number of carbonyl (C=O) groups is 1. The highest BCUT2D eigenvalue weighted by atomic mass is 32.2. The third-order valence-corrected chi connectivity index (χ3v) is 5.30. The second kappa shape index (κ2) is 9.28. The summed E-state index contributed by atoms with van der Waals surface area (Å²) >= 11 is 0.275. The van der Waals surface area contributed by atoms with Crippen LogP contribution in [0.25, 0.3) is 0 Å². The summed E-state index contributed by atoms with van der Waals surface area (Å²) in [6.45, 7) is 5.42. The van der Waals surface area contributed by atoms with E-state index in [2.05, 4.69) is 22.1 Å². The molecule has 27 heavy (non-hydrogen) atoms. The fourth-order valence-corrected chi connectivity index (χ4v) is 3.90. The average Bonchev–Trinajstić information content (AvgIpc) is 2.63. The molecule has 0 aliphatic carbocycles. The van der Waals surface area contributed by atoms with Gasteiger partial charge in [-0.2, -0.15) is 8.78 Å². The van der Waals surface area contributed by atoms with Crippen molar-refractivity contribution in [1.82, 2.24) is 9.88 Å². The molecule has 144 valence electrons. The zero-order chi connectivity index (χ0) is 19.2. The largest absolute Gasteiger partial charge is 0.322 e. The molecule has 2 aromatic rings. The van der Waals surface area contributed by atoms with E-state index in [1.165, 1.54) is 30.7 Å². The lowest BCUT2D eigenvalue weighted by Crippen LogP contribution is -2.33. The highest BCUT2D eigenvalue weighted by Gasteiger charge is 2.18. The van der Waals surface area contributed by atoms with Crippen LogP contribution >= 0.6 is 11.8 Å². The van der Waals surface area contributed by atoms with Crippen molar-refractivity contribution in [2.45, 2.75) is 37.1 Å². The molecule has 0 radical (unpaired) electrons. The molecule has 4 nitrogen and oxygen atoms in total. The van der Waals surface area contributed by atoms with Crippen LogP contribution in [0.3, 0.4) is 0 Å². The zero-order valence-electron chi connectivity index (χ0n) is 15.2. The van der Waals surface area contributed by atoms with Crippen LogP contribution in [0, 0.1) is 5.92 Å². The molecule has 3 rings (SSSR count). The molecule has 2 heterocycles. The number of benzene rings is 1. The van der Waals surface area contributed by atoms with Crippen LogP contribution in [-0.2, 0) is 6.54 Å². The van der Waals surface area contributed by atoms with Crippen LogP contribution in [0.1, 0.15) is 35.7 Å². The van der Waals surface area contributed by atoms with Gasteiger partial charge in [-0.1, -0.05) is 19.1 Å². The first-order valence-corrected chi connectivity index (χ1v) is 9.91. The van der Waals surface area contributed by atoms with E-state index in [-0.39, 0.29) is 22.4 Å². The Labute approximate surface area is 162 Å². The maximum Gasteiger partial charge on any atom is 0.290 e. The van der Waals surface area contributed by atoms with E-state index in [9.17, 15) is 13.6 Å². The number of carbonyl (C=O) groups excluding carboxylic acids is 1. The average molecular weight is 391 g/mol. The summed E-state index contributed by atoms with van der Waals surface area (Å²) in [4.78, 5) is 18.8. The SMILES string of the molecule is CC1CCCN(Cc2ccc(NC(=O)c3cccnc3SC(F)F)cc2)C1. The molecule has 1 fully saturated rings. The summed E-state index contributed by atoms with van der Waals surface area (Å²) < 4.78 is 25.3. The summed E-state index contributed by atoms with van der Waals surface area (Å²) in [6.07, 6.45) is 3.93. The minimum absolute atomic E-state index is 0.0286. The third-order valence-electron chi connectivity index (χ3n) is 4.58. The van der Waals surface area contributed by atoms with Crippen LogP contribution in [0.15, 0.2) is 47.6 Å². The Balaban J connectivity index is 1.62. The van der Waals surface area contributed by atoms with Gasteiger partial charge in [0.05, 0.1) is 5.56 Å². The smallest absolute Gasteiger partial charge is 0.290 e. The molecular weight excluding hydrogens is 368 g/mol. The predicted octanol–water partition coefficient (Wildman–Crippen LogP) is 4.88. The van der Waals surface area contributed by atoms with Crippen LogP contribution < -0.4 is 5.32 Å². The van der Waals surface area contributed by atoms with Gasteiger partial charge in [0, 0.05) is 25.0 Å². The Morgan fingerprint density at radius 3 is 2.81 bits per heavy atom. The number of piperidine rings is 1. The van der Waals surface area contributed by atoms with Gasteiger partial charge in [0.1, 0.15) is 5.03 Å². The van der Waals surface area contributed by atoms with Crippen LogP contribution in [0.4, 0.5) is 14.5 Å². The van der Waals surface area contributed by atoms with Crippen LogP contribution in [0.2, 0.25) is 0 Å². The van der Waals surface area contributed by atoms with Gasteiger partial charge in [0.15, 0.2) is 0 Å². The van der Waals surface area contributed by atoms with E-state index in [0.29, 0.717) is 5.69 Å². The number of hydrogen-bond acceptors (Lipinski definition) is 4. The van der Waals surface area contributed by atoms with E-state index in [0.717, 1.165) is 25.6 Å². The molecular formula is C20H23F2N3OS. The van der Waals surface area contributed by atoms with Gasteiger partial charge in [0.2, 0.25) is 0 Å². The molecule has 1 atom stereocenters. The number of pyridine rings is 1. The first-order valence-electron chi connectivity index (χ1n) is 9.03. The van der Waals surface area contributed by atoms with Crippen LogP contribution in [-0.4, -0.2) is 34.6 Å². The number of alkyl halides is 2. The maximum atomic E-state index is 12.6. The molecule has 0 spiro atoms. The van der Waals surface area contributed by atoms with Crippen molar-refractivity contribution in [1.29, 1.82) is 0 Å². The number of thioether (sulfide) groups is 1. The minimum Gasteiger partial charge on any atom is -0.322 e. The van der Waals surface area contributed by atoms with Crippen LogP contribution in [0.5, 0.6) is 0 Å². The maximum absolute atomic E-state index is 12.6. The van der Waals surface area contributed by atoms with E-state index >= 15 is 0 Å². The lowest BCUT2D eigenvalue weighted by atomic mass is 10.00. The van der Waals surface area contributed by atoms with Gasteiger partial charge in [-0.15, -0.1) is 0 Å². The van der Waals surface area contributed by atoms with Gasteiger partial charge < -0.3 is 5.32 Å². The molecule has 1 unspecified atom stereocenters. The Morgan fingerprint density at radius 1 is 1.33 bits per heavy atom. The molecule has 1 saturated heterocycles. The number of likely N-dealkylation sites (tertiary alicyclic amines) is 1. The fraction of sp³-hybridized carbons (Fsp3) is 0.400. The van der Waals surface area contributed by atoms with Gasteiger partial charge in [-0.05, 0) is 66.9 Å². The molecule has 0 saturated carbocycles. The summed E-state index contributed by atoms with van der Waals surface area (Å²) in [6, 6.07) is 10.7. The topological polar surface area (TPSA) is 45.2 Å². The summed E-state index contributed by atoms with van der Waals surface area (Å²) in [5.41, 5.74) is 1.97. The van der Waals surface area contributed by atoms with Crippen molar-refractivity contribution in [3.8, 4) is 0 Å². The molecule has 0 bridgehead atoms. The summed E-state index contributed by atoms with van der Waals surface area (Å²) in [7, 11) is 0. The number of halogens is 2. The second-order valence-electron chi connectivity index (χ2n) is 6.87. The van der Waals surface area contributed by atoms with Gasteiger partial charge in [-0.3, -0.25) is 9.69 Å². The third kappa shape index (κ3) is 5.74. The van der Waals surface area contributed by atoms with Crippen molar-refractivity contribution in [2.75, 3.05) is 18.4 Å². The second-order valence-corrected chi connectivity index (χ2v) is 7.85. The highest BCUT2D eigenvalue weighted by molar-refractivity contribution is 7.99. The Bertz CT molecular complexity index is 770. The number of rotatable bonds is 6. The Kier molecular flexibility index (Phi) is 6.79. The van der Waals surface area contributed by atoms with Gasteiger partial charge >= 0.3 is 0 Å². The highest BCUT2D eigenvalue weighted by Crippen LogP contribution is 2.27. The van der Waals surface area contributed by atoms with Crippen molar-refractivity contribution < 1.29 is 13.6 Å². The normalized spacial score (nSPS) is 17.9. The monoisotopic (exact) mass is 391 g/mol. The van der Waals surface area contributed by atoms with Gasteiger partial charge in [0.25, 0.3) is 11.7 Å². The van der Waals surface area contributed by atoms with E-state index < -0.39 is 11.7 Å². The minimum atomic E-state index is -2.62. The van der Waals surface area contributed by atoms with Crippen molar-refractivity contribution >= 4 is 23.4 Å². The number of anilines is 1. The fourth-order valence-electron chi connectivity index (χ4n) is 3.32. The molecule has 1 amide bonds. The number of aromatic nitrogens is 1. The molecule has 1 aliphatic heterocycles. The first-order chi connectivity index (χ1) is 13.0. The number of nitrogens with zero attached hydrogens (tertiary/aromatic N) is 2. The summed E-state index contributed by atoms with van der Waals surface area (Å²) in [5.74, 6) is -2.33. The molecule has 1 aromatic carbocycles. The Morgan fingerprint density at radius 2 is 2.11 bits per heavy atom. The van der Waals surface area contributed by atoms with E-state index in [4.69, 9.17) is 0 Å². The van der Waals surface area contributed by atoms with Crippen molar-refractivity contribution in [3.63, 3.8) is 0 Å². The van der Waals surface area contributed by atoms with Gasteiger partial charge in [-0.25, -0.2) is 4.98 Å². The molecule has 1 aromatic heterocycles. The Hall–Kier alpha value is -1.99. The lowest BCUT2D eigenvalue weighted by Gasteiger charge is -2.30.